The van der Waals surface area contributed by atoms with Gasteiger partial charge in [0, 0.05) is 0 Å². The third-order valence-electron chi connectivity index (χ3n) is 10.0. The molecule has 7 nitrogen and oxygen atoms in total. The van der Waals surface area contributed by atoms with Gasteiger partial charge in [-0.15, -0.1) is 0 Å². The highest BCUT2D eigenvalue weighted by Crippen LogP contribution is 2.43. The molecule has 0 amide bonds. The SMILES string of the molecule is O=C(C(=O)c1cncn1C(c1ccccc1)(c1ccccc1)c1ccccc1)C(=O)c1cncn1C(c1ccccc1)(c1ccccc1)c1ccccc1. The average Bonchev–Trinajstić information content (AvgIpc) is 3.95. The summed E-state index contributed by atoms with van der Waals surface area (Å²) in [6.07, 6.45) is 5.81. The summed E-state index contributed by atoms with van der Waals surface area (Å²) in [4.78, 5) is 52.5. The predicted octanol–water partition coefficient (Wildman–Crippen LogP) is 8.39. The molecule has 0 aliphatic carbocycles. The summed E-state index contributed by atoms with van der Waals surface area (Å²) >= 11 is 0. The number of aromatic nitrogens is 4. The van der Waals surface area contributed by atoms with Gasteiger partial charge in [0.1, 0.15) is 22.5 Å². The quantitative estimate of drug-likeness (QED) is 0.0553. The number of ketones is 3. The fourth-order valence-corrected chi connectivity index (χ4v) is 7.71. The zero-order valence-corrected chi connectivity index (χ0v) is 29.1. The van der Waals surface area contributed by atoms with Crippen molar-refractivity contribution >= 4 is 17.3 Å². The Morgan fingerprint density at radius 2 is 0.574 bits per heavy atom. The van der Waals surface area contributed by atoms with Crippen LogP contribution in [0.3, 0.4) is 0 Å². The maximum atomic E-state index is 14.6. The van der Waals surface area contributed by atoms with Gasteiger partial charge in [-0.05, 0) is 33.4 Å². The molecule has 0 aliphatic heterocycles. The van der Waals surface area contributed by atoms with Gasteiger partial charge in [0.25, 0.3) is 17.3 Å². The van der Waals surface area contributed by atoms with Crippen molar-refractivity contribution in [3.05, 3.63) is 252 Å². The number of hydrogen-bond donors (Lipinski definition) is 0. The van der Waals surface area contributed by atoms with E-state index in [1.54, 1.807) is 21.8 Å². The number of imidazole rings is 2. The molecule has 2 aromatic heterocycles. The fourth-order valence-electron chi connectivity index (χ4n) is 7.71. The van der Waals surface area contributed by atoms with Crippen molar-refractivity contribution in [2.24, 2.45) is 0 Å². The lowest BCUT2D eigenvalue weighted by molar-refractivity contribution is -0.111. The zero-order chi connectivity index (χ0) is 37.0. The number of carbonyl (C=O) groups excluding carboxylic acids is 3. The molecule has 0 saturated carbocycles. The van der Waals surface area contributed by atoms with E-state index in [-0.39, 0.29) is 11.4 Å². The van der Waals surface area contributed by atoms with E-state index in [4.69, 9.17) is 0 Å². The molecule has 8 aromatic rings. The van der Waals surface area contributed by atoms with Crippen molar-refractivity contribution in [1.82, 2.24) is 19.1 Å². The van der Waals surface area contributed by atoms with Crippen molar-refractivity contribution in [2.75, 3.05) is 0 Å². The van der Waals surface area contributed by atoms with Gasteiger partial charge in [-0.25, -0.2) is 9.97 Å². The number of carbonyl (C=O) groups is 3. The third-order valence-corrected chi connectivity index (χ3v) is 10.0. The van der Waals surface area contributed by atoms with Crippen LogP contribution in [0.25, 0.3) is 0 Å². The van der Waals surface area contributed by atoms with E-state index in [0.29, 0.717) is 0 Å². The van der Waals surface area contributed by atoms with Crippen LogP contribution >= 0.6 is 0 Å². The number of Topliss-reactive ketones (excluding diaryl/α,β-unsaturated/α-hetero) is 3. The van der Waals surface area contributed by atoms with Crippen LogP contribution in [-0.2, 0) is 15.9 Å². The second-order valence-corrected chi connectivity index (χ2v) is 12.9. The van der Waals surface area contributed by atoms with Crippen LogP contribution in [0.5, 0.6) is 0 Å². The van der Waals surface area contributed by atoms with E-state index in [1.807, 2.05) is 182 Å². The van der Waals surface area contributed by atoms with Gasteiger partial charge in [0.15, 0.2) is 0 Å². The zero-order valence-electron chi connectivity index (χ0n) is 29.1. The number of benzene rings is 6. The standard InChI is InChI=1S/C47H34N4O3/c52-43(41-31-48-33-50(41)46(35-19-7-1-8-20-35,36-21-9-2-10-22-36)37-23-11-3-12-24-37)45(54)44(53)42-32-49-34-51(42)47(38-25-13-4-14-26-38,39-27-15-5-16-28-39)40-29-17-6-18-30-40/h1-34H. The van der Waals surface area contributed by atoms with Gasteiger partial charge in [-0.3, -0.25) is 14.4 Å². The molecule has 0 N–H and O–H groups in total. The lowest BCUT2D eigenvalue weighted by Gasteiger charge is -2.38. The minimum absolute atomic E-state index is 0.0311. The van der Waals surface area contributed by atoms with Crippen LogP contribution in [0, 0.1) is 0 Å². The summed E-state index contributed by atoms with van der Waals surface area (Å²) in [6.45, 7) is 0. The maximum absolute atomic E-state index is 14.6. The number of nitrogens with zero attached hydrogens (tertiary/aromatic N) is 4. The second kappa shape index (κ2) is 14.4. The molecule has 8 rings (SSSR count). The molecule has 2 heterocycles. The molecule has 0 radical (unpaired) electrons. The first kappa shape index (κ1) is 33.9. The van der Waals surface area contributed by atoms with Crippen molar-refractivity contribution in [1.29, 1.82) is 0 Å². The van der Waals surface area contributed by atoms with Gasteiger partial charge < -0.3 is 9.13 Å². The Balaban J connectivity index is 1.29. The highest BCUT2D eigenvalue weighted by molar-refractivity contribution is 6.69. The summed E-state index contributed by atoms with van der Waals surface area (Å²) in [5, 5.41) is 0. The molecule has 0 unspecified atom stereocenters. The highest BCUT2D eigenvalue weighted by Gasteiger charge is 2.44. The van der Waals surface area contributed by atoms with E-state index >= 15 is 0 Å². The molecular weight excluding hydrogens is 669 g/mol. The van der Waals surface area contributed by atoms with E-state index in [2.05, 4.69) is 9.97 Å². The van der Waals surface area contributed by atoms with Gasteiger partial charge >= 0.3 is 0 Å². The molecule has 54 heavy (non-hydrogen) atoms. The lowest BCUT2D eigenvalue weighted by atomic mass is 9.76. The number of rotatable bonds is 12. The minimum Gasteiger partial charge on any atom is -0.309 e. The van der Waals surface area contributed by atoms with Crippen molar-refractivity contribution in [2.45, 2.75) is 11.1 Å². The van der Waals surface area contributed by atoms with Crippen molar-refractivity contribution in [3.63, 3.8) is 0 Å². The Morgan fingerprint density at radius 3 is 0.796 bits per heavy atom. The third kappa shape index (κ3) is 5.50. The van der Waals surface area contributed by atoms with Crippen LogP contribution in [0.4, 0.5) is 0 Å². The molecular formula is C47H34N4O3. The van der Waals surface area contributed by atoms with Crippen molar-refractivity contribution in [3.8, 4) is 0 Å². The maximum Gasteiger partial charge on any atom is 0.277 e. The molecule has 7 heteroatoms. The van der Waals surface area contributed by atoms with Crippen LogP contribution < -0.4 is 0 Å². The first-order valence-electron chi connectivity index (χ1n) is 17.6. The minimum atomic E-state index is -1.20. The van der Waals surface area contributed by atoms with Gasteiger partial charge in [0.2, 0.25) is 0 Å². The van der Waals surface area contributed by atoms with Gasteiger partial charge in [0.05, 0.1) is 25.0 Å². The van der Waals surface area contributed by atoms with Crippen LogP contribution in [-0.4, -0.2) is 36.5 Å². The molecule has 0 saturated heterocycles. The Labute approximate surface area is 312 Å². The largest absolute Gasteiger partial charge is 0.309 e. The van der Waals surface area contributed by atoms with E-state index in [1.165, 1.54) is 12.4 Å². The monoisotopic (exact) mass is 702 g/mol. The summed E-state index contributed by atoms with van der Waals surface area (Å²) in [7, 11) is 0. The summed E-state index contributed by atoms with van der Waals surface area (Å²) in [6, 6.07) is 58.5. The molecule has 0 bridgehead atoms. The molecule has 0 aliphatic rings. The normalized spacial score (nSPS) is 11.6. The van der Waals surface area contributed by atoms with E-state index in [9.17, 15) is 14.4 Å². The first-order chi connectivity index (χ1) is 26.6. The molecule has 0 spiro atoms. The number of hydrogen-bond acceptors (Lipinski definition) is 5. The second-order valence-electron chi connectivity index (χ2n) is 12.9. The van der Waals surface area contributed by atoms with Gasteiger partial charge in [-0.1, -0.05) is 182 Å². The molecule has 260 valence electrons. The fraction of sp³-hybridized carbons (Fsp3) is 0.0426. The summed E-state index contributed by atoms with van der Waals surface area (Å²) in [5.74, 6) is -3.17. The Morgan fingerprint density at radius 1 is 0.352 bits per heavy atom. The van der Waals surface area contributed by atoms with Gasteiger partial charge in [-0.2, -0.15) is 0 Å². The van der Waals surface area contributed by atoms with Crippen LogP contribution in [0.2, 0.25) is 0 Å². The van der Waals surface area contributed by atoms with Crippen LogP contribution in [0.1, 0.15) is 54.4 Å². The Bertz CT molecular complexity index is 2160. The summed E-state index contributed by atoms with van der Waals surface area (Å²) < 4.78 is 3.42. The smallest absolute Gasteiger partial charge is 0.277 e. The van der Waals surface area contributed by atoms with E-state index < -0.39 is 28.4 Å². The van der Waals surface area contributed by atoms with Crippen LogP contribution in [0.15, 0.2) is 207 Å². The topological polar surface area (TPSA) is 86.8 Å². The first-order valence-corrected chi connectivity index (χ1v) is 17.6. The molecule has 0 fully saturated rings. The van der Waals surface area contributed by atoms with E-state index in [0.717, 1.165) is 33.4 Å². The summed E-state index contributed by atoms with van der Waals surface area (Å²) in [5.41, 5.74) is 2.71. The molecule has 0 atom stereocenters. The Hall–Kier alpha value is -7.25. The predicted molar refractivity (Wildman–Crippen MR) is 207 cm³/mol. The molecule has 6 aromatic carbocycles. The lowest BCUT2D eigenvalue weighted by Crippen LogP contribution is -2.42. The Kier molecular flexibility index (Phi) is 9.04. The highest BCUT2D eigenvalue weighted by atomic mass is 16.2. The average molecular weight is 703 g/mol. The van der Waals surface area contributed by atoms with Crippen molar-refractivity contribution < 1.29 is 14.4 Å².